The lowest BCUT2D eigenvalue weighted by Crippen LogP contribution is -2.06. The Kier molecular flexibility index (Phi) is 4.44. The van der Waals surface area contributed by atoms with Crippen molar-refractivity contribution < 1.29 is 9.90 Å². The van der Waals surface area contributed by atoms with Crippen LogP contribution in [0, 0.1) is 6.92 Å². The quantitative estimate of drug-likeness (QED) is 0.454. The molecule has 1 aliphatic rings. The number of hydrogen-bond acceptors (Lipinski definition) is 3. The summed E-state index contributed by atoms with van der Waals surface area (Å²) in [6.07, 6.45) is 3.27. The van der Waals surface area contributed by atoms with Crippen LogP contribution in [0.15, 0.2) is 54.6 Å². The molecule has 0 amide bonds. The molecule has 3 nitrogen and oxygen atoms in total. The summed E-state index contributed by atoms with van der Waals surface area (Å²) >= 11 is 1.78. The lowest BCUT2D eigenvalue weighted by atomic mass is 9.90. The fourth-order valence-corrected chi connectivity index (χ4v) is 5.63. The Morgan fingerprint density at radius 1 is 1.03 bits per heavy atom. The fraction of sp³-hybridized carbons (Fsp3) is 0.200. The van der Waals surface area contributed by atoms with Crippen LogP contribution >= 0.6 is 11.3 Å². The van der Waals surface area contributed by atoms with Crippen molar-refractivity contribution in [2.45, 2.75) is 32.6 Å². The molecule has 0 unspecified atom stereocenters. The first kappa shape index (κ1) is 18.1. The first-order chi connectivity index (χ1) is 14.1. The number of carbonyl (C=O) groups is 1. The first-order valence-corrected chi connectivity index (χ1v) is 10.7. The van der Waals surface area contributed by atoms with Crippen LogP contribution in [-0.4, -0.2) is 16.1 Å². The number of hydrogen-bond donors (Lipinski definition) is 1. The second-order valence-corrected chi connectivity index (χ2v) is 8.74. The number of aryl methyl sites for hydroxylation is 3. The zero-order chi connectivity index (χ0) is 20.0. The van der Waals surface area contributed by atoms with Gasteiger partial charge in [-0.3, -0.25) is 4.79 Å². The zero-order valence-corrected chi connectivity index (χ0v) is 17.1. The second kappa shape index (κ2) is 7.12. The van der Waals surface area contributed by atoms with Gasteiger partial charge in [-0.15, -0.1) is 11.3 Å². The molecule has 0 aliphatic heterocycles. The molecule has 4 heteroatoms. The number of aromatic nitrogens is 1. The number of aliphatic carboxylic acids is 1. The molecule has 0 bridgehead atoms. The van der Waals surface area contributed by atoms with Gasteiger partial charge in [-0.25, -0.2) is 4.98 Å². The number of benzene rings is 2. The molecule has 0 atom stereocenters. The van der Waals surface area contributed by atoms with E-state index in [1.165, 1.54) is 27.8 Å². The number of rotatable bonds is 4. The smallest absolute Gasteiger partial charge is 0.307 e. The topological polar surface area (TPSA) is 50.2 Å². The van der Waals surface area contributed by atoms with Crippen molar-refractivity contribution in [2.24, 2.45) is 0 Å². The third-order valence-electron chi connectivity index (χ3n) is 5.67. The Morgan fingerprint density at radius 3 is 2.52 bits per heavy atom. The summed E-state index contributed by atoms with van der Waals surface area (Å²) in [5.41, 5.74) is 7.26. The summed E-state index contributed by atoms with van der Waals surface area (Å²) in [5.74, 6) is -0.830. The predicted molar refractivity (Wildman–Crippen MR) is 119 cm³/mol. The fourth-order valence-electron chi connectivity index (χ4n) is 4.36. The minimum absolute atomic E-state index is 0.0407. The van der Waals surface area contributed by atoms with Gasteiger partial charge in [-0.2, -0.15) is 0 Å². The highest BCUT2D eigenvalue weighted by atomic mass is 32.1. The number of thiophene rings is 1. The van der Waals surface area contributed by atoms with Crippen LogP contribution in [0.5, 0.6) is 0 Å². The van der Waals surface area contributed by atoms with Gasteiger partial charge in [0.2, 0.25) is 0 Å². The van der Waals surface area contributed by atoms with Gasteiger partial charge in [-0.1, -0.05) is 60.2 Å². The van der Waals surface area contributed by atoms with E-state index in [9.17, 15) is 9.90 Å². The average Bonchev–Trinajstić information content (AvgIpc) is 3.30. The minimum Gasteiger partial charge on any atom is -0.481 e. The number of fused-ring (bicyclic) bond motifs is 3. The molecule has 4 aromatic rings. The van der Waals surface area contributed by atoms with Crippen LogP contribution in [0.2, 0.25) is 0 Å². The summed E-state index contributed by atoms with van der Waals surface area (Å²) in [6, 6.07) is 18.4. The molecule has 0 saturated heterocycles. The highest BCUT2D eigenvalue weighted by Crippen LogP contribution is 2.45. The highest BCUT2D eigenvalue weighted by molar-refractivity contribution is 7.19. The first-order valence-electron chi connectivity index (χ1n) is 9.93. The van der Waals surface area contributed by atoms with E-state index in [1.807, 2.05) is 30.3 Å². The van der Waals surface area contributed by atoms with Crippen LogP contribution in [-0.2, 0) is 24.1 Å². The molecular weight excluding hydrogens is 378 g/mol. The molecule has 5 rings (SSSR count). The molecule has 144 valence electrons. The Labute approximate surface area is 173 Å². The minimum atomic E-state index is -0.830. The summed E-state index contributed by atoms with van der Waals surface area (Å²) < 4.78 is 0. The number of pyridine rings is 1. The van der Waals surface area contributed by atoms with Gasteiger partial charge in [0.1, 0.15) is 4.83 Å². The van der Waals surface area contributed by atoms with E-state index in [-0.39, 0.29) is 6.42 Å². The van der Waals surface area contributed by atoms with Crippen molar-refractivity contribution in [1.82, 2.24) is 4.98 Å². The molecule has 0 saturated carbocycles. The average molecular weight is 400 g/mol. The Morgan fingerprint density at radius 2 is 1.79 bits per heavy atom. The van der Waals surface area contributed by atoms with Crippen molar-refractivity contribution in [3.63, 3.8) is 0 Å². The van der Waals surface area contributed by atoms with Crippen LogP contribution in [0.3, 0.4) is 0 Å². The number of nitrogens with zero attached hydrogens (tertiary/aromatic N) is 1. The molecule has 0 spiro atoms. The molecular formula is C25H21NO2S. The Balaban J connectivity index is 1.91. The summed E-state index contributed by atoms with van der Waals surface area (Å²) in [7, 11) is 0. The van der Waals surface area contributed by atoms with E-state index < -0.39 is 5.97 Å². The Hall–Kier alpha value is -2.98. The van der Waals surface area contributed by atoms with Crippen LogP contribution < -0.4 is 0 Å². The van der Waals surface area contributed by atoms with Crippen molar-refractivity contribution in [1.29, 1.82) is 0 Å². The van der Waals surface area contributed by atoms with Gasteiger partial charge in [0.05, 0.1) is 12.1 Å². The van der Waals surface area contributed by atoms with E-state index >= 15 is 0 Å². The van der Waals surface area contributed by atoms with Crippen LogP contribution in [0.1, 0.15) is 28.0 Å². The summed E-state index contributed by atoms with van der Waals surface area (Å²) in [6.45, 7) is 2.07. The van der Waals surface area contributed by atoms with Gasteiger partial charge in [0.25, 0.3) is 0 Å². The summed E-state index contributed by atoms with van der Waals surface area (Å²) in [5, 5.41) is 10.9. The van der Waals surface area contributed by atoms with Gasteiger partial charge in [0.15, 0.2) is 0 Å². The maximum atomic E-state index is 11.9. The monoisotopic (exact) mass is 399 g/mol. The van der Waals surface area contributed by atoms with Gasteiger partial charge < -0.3 is 5.11 Å². The molecule has 29 heavy (non-hydrogen) atoms. The standard InChI is InChI=1S/C25H21NO2S/c1-15-10-12-16(13-11-15)22-19(14-21(27)28)24(17-6-3-2-4-7-17)26-25-23(22)18-8-5-9-20(18)29-25/h2-4,6-7,10-13H,5,8-9,14H2,1H3,(H,27,28). The van der Waals surface area contributed by atoms with Gasteiger partial charge in [0, 0.05) is 15.8 Å². The summed E-state index contributed by atoms with van der Waals surface area (Å²) in [4.78, 5) is 19.3. The van der Waals surface area contributed by atoms with E-state index in [0.29, 0.717) is 0 Å². The van der Waals surface area contributed by atoms with Crippen molar-refractivity contribution in [3.05, 3.63) is 76.2 Å². The molecule has 0 radical (unpaired) electrons. The normalized spacial score (nSPS) is 13.0. The van der Waals surface area contributed by atoms with Crippen LogP contribution in [0.4, 0.5) is 0 Å². The molecule has 0 fully saturated rings. The van der Waals surface area contributed by atoms with E-state index in [4.69, 9.17) is 4.98 Å². The van der Waals surface area contributed by atoms with Crippen molar-refractivity contribution in [3.8, 4) is 22.4 Å². The van der Waals surface area contributed by atoms with Crippen LogP contribution in [0.25, 0.3) is 32.6 Å². The lowest BCUT2D eigenvalue weighted by Gasteiger charge is -2.16. The van der Waals surface area contributed by atoms with Crippen molar-refractivity contribution in [2.75, 3.05) is 0 Å². The zero-order valence-electron chi connectivity index (χ0n) is 16.2. The largest absolute Gasteiger partial charge is 0.481 e. The SMILES string of the molecule is Cc1ccc(-c2c(CC(=O)O)c(-c3ccccc3)nc3sc4c(c23)CCC4)cc1. The maximum Gasteiger partial charge on any atom is 0.307 e. The van der Waals surface area contributed by atoms with Crippen molar-refractivity contribution >= 4 is 27.5 Å². The molecule has 1 N–H and O–H groups in total. The number of carboxylic acid groups (broad SMARTS) is 1. The van der Waals surface area contributed by atoms with Gasteiger partial charge >= 0.3 is 5.97 Å². The maximum absolute atomic E-state index is 11.9. The third kappa shape index (κ3) is 3.14. The lowest BCUT2D eigenvalue weighted by molar-refractivity contribution is -0.136. The molecule has 2 aromatic heterocycles. The highest BCUT2D eigenvalue weighted by Gasteiger charge is 2.26. The van der Waals surface area contributed by atoms with Gasteiger partial charge in [-0.05, 0) is 48.4 Å². The van der Waals surface area contributed by atoms with E-state index in [2.05, 4.69) is 31.2 Å². The van der Waals surface area contributed by atoms with E-state index in [0.717, 1.165) is 45.6 Å². The van der Waals surface area contributed by atoms with E-state index in [1.54, 1.807) is 11.3 Å². The molecule has 2 aromatic carbocycles. The molecule has 1 aliphatic carbocycles. The Bertz CT molecular complexity index is 1220. The second-order valence-electron chi connectivity index (χ2n) is 7.65. The number of carboxylic acids is 1. The molecule has 2 heterocycles. The predicted octanol–water partition coefficient (Wildman–Crippen LogP) is 6.05. The third-order valence-corrected chi connectivity index (χ3v) is 6.85.